The summed E-state index contributed by atoms with van der Waals surface area (Å²) in [6.45, 7) is 1.11. The van der Waals surface area contributed by atoms with Crippen LogP contribution in [0.15, 0.2) is 60.8 Å². The minimum absolute atomic E-state index is 0.0328. The van der Waals surface area contributed by atoms with Gasteiger partial charge < -0.3 is 9.64 Å². The lowest BCUT2D eigenvalue weighted by atomic mass is 10.1. The second-order valence-electron chi connectivity index (χ2n) is 7.08. The van der Waals surface area contributed by atoms with Crippen LogP contribution < -0.4 is 0 Å². The quantitative estimate of drug-likeness (QED) is 0.276. The van der Waals surface area contributed by atoms with E-state index >= 15 is 0 Å². The van der Waals surface area contributed by atoms with Crippen LogP contribution in [0.5, 0.6) is 0 Å². The molecule has 0 radical (unpaired) electrons. The second-order valence-corrected chi connectivity index (χ2v) is 7.08. The number of amides is 1. The lowest BCUT2D eigenvalue weighted by Gasteiger charge is -2.21. The molecule has 0 fully saturated rings. The van der Waals surface area contributed by atoms with Crippen LogP contribution in [0.3, 0.4) is 0 Å². The molecule has 0 atom stereocenters. The lowest BCUT2D eigenvalue weighted by Crippen LogP contribution is -2.36. The number of carbonyl (C=O) groups excluding carboxylic acids is 2. The van der Waals surface area contributed by atoms with E-state index in [1.807, 2.05) is 0 Å². The fourth-order valence-electron chi connectivity index (χ4n) is 3.05. The van der Waals surface area contributed by atoms with E-state index in [9.17, 15) is 32.9 Å². The minimum atomic E-state index is -4.50. The highest BCUT2D eigenvalue weighted by Crippen LogP contribution is 2.29. The number of benzene rings is 2. The van der Waals surface area contributed by atoms with E-state index in [2.05, 4.69) is 5.10 Å². The average molecular weight is 476 g/mol. The first-order valence-corrected chi connectivity index (χ1v) is 10.00. The Hall–Kier alpha value is -4.22. The maximum absolute atomic E-state index is 13.1. The van der Waals surface area contributed by atoms with Crippen molar-refractivity contribution in [3.05, 3.63) is 87.7 Å². The number of carbonyl (C=O) groups is 2. The summed E-state index contributed by atoms with van der Waals surface area (Å²) in [5.41, 5.74) is -0.134. The van der Waals surface area contributed by atoms with Gasteiger partial charge in [-0.05, 0) is 42.8 Å². The largest absolute Gasteiger partial charge is 0.465 e. The SMILES string of the molecule is CCOC(=O)CN(Cc1ccc(C(F)(F)F)cc1)C(=O)c1ccn(-c2ccc([N+](=O)[O-])cc2)n1. The number of nitro benzene ring substituents is 1. The smallest absolute Gasteiger partial charge is 0.416 e. The highest BCUT2D eigenvalue weighted by Gasteiger charge is 2.30. The van der Waals surface area contributed by atoms with Gasteiger partial charge in [0.05, 0.1) is 22.8 Å². The molecule has 9 nitrogen and oxygen atoms in total. The van der Waals surface area contributed by atoms with Gasteiger partial charge in [-0.15, -0.1) is 0 Å². The van der Waals surface area contributed by atoms with Crippen molar-refractivity contribution in [1.29, 1.82) is 0 Å². The maximum atomic E-state index is 13.1. The van der Waals surface area contributed by atoms with Crippen molar-refractivity contribution < 1.29 is 32.4 Å². The number of nitrogens with zero attached hydrogens (tertiary/aromatic N) is 4. The summed E-state index contributed by atoms with van der Waals surface area (Å²) in [4.78, 5) is 36.5. The topological polar surface area (TPSA) is 108 Å². The third-order valence-corrected chi connectivity index (χ3v) is 4.70. The Morgan fingerprint density at radius 1 is 1.09 bits per heavy atom. The third-order valence-electron chi connectivity index (χ3n) is 4.70. The van der Waals surface area contributed by atoms with Crippen molar-refractivity contribution in [1.82, 2.24) is 14.7 Å². The van der Waals surface area contributed by atoms with E-state index in [4.69, 9.17) is 4.74 Å². The number of halogens is 3. The summed E-state index contributed by atoms with van der Waals surface area (Å²) in [7, 11) is 0. The summed E-state index contributed by atoms with van der Waals surface area (Å²) in [6.07, 6.45) is -3.03. The molecule has 0 N–H and O–H groups in total. The van der Waals surface area contributed by atoms with E-state index in [0.717, 1.165) is 17.0 Å². The summed E-state index contributed by atoms with van der Waals surface area (Å²) in [5, 5.41) is 15.0. The fraction of sp³-hybridized carbons (Fsp3) is 0.227. The molecule has 1 amide bonds. The lowest BCUT2D eigenvalue weighted by molar-refractivity contribution is -0.384. The van der Waals surface area contributed by atoms with Crippen LogP contribution in [-0.2, 0) is 22.3 Å². The van der Waals surface area contributed by atoms with Crippen LogP contribution in [0.25, 0.3) is 5.69 Å². The van der Waals surface area contributed by atoms with Crippen LogP contribution in [0.4, 0.5) is 18.9 Å². The van der Waals surface area contributed by atoms with Gasteiger partial charge in [0.1, 0.15) is 6.54 Å². The van der Waals surface area contributed by atoms with Gasteiger partial charge >= 0.3 is 12.1 Å². The number of alkyl halides is 3. The average Bonchev–Trinajstić information content (AvgIpc) is 3.28. The molecular weight excluding hydrogens is 457 g/mol. The minimum Gasteiger partial charge on any atom is -0.465 e. The van der Waals surface area contributed by atoms with Crippen LogP contribution >= 0.6 is 0 Å². The number of hydrogen-bond acceptors (Lipinski definition) is 6. The summed E-state index contributed by atoms with van der Waals surface area (Å²) < 4.78 is 44.7. The zero-order valence-electron chi connectivity index (χ0n) is 17.9. The van der Waals surface area contributed by atoms with Crippen LogP contribution in [-0.4, -0.2) is 44.6 Å². The van der Waals surface area contributed by atoms with Gasteiger partial charge in [-0.2, -0.15) is 18.3 Å². The molecule has 0 aliphatic rings. The molecule has 34 heavy (non-hydrogen) atoms. The molecule has 0 saturated carbocycles. The van der Waals surface area contributed by atoms with Gasteiger partial charge in [0.25, 0.3) is 11.6 Å². The van der Waals surface area contributed by atoms with Gasteiger partial charge in [-0.25, -0.2) is 4.68 Å². The Balaban J connectivity index is 1.82. The van der Waals surface area contributed by atoms with Gasteiger partial charge in [0, 0.05) is 24.9 Å². The first-order valence-electron chi connectivity index (χ1n) is 10.00. The summed E-state index contributed by atoms with van der Waals surface area (Å²) >= 11 is 0. The predicted molar refractivity (Wildman–Crippen MR) is 113 cm³/mol. The van der Waals surface area contributed by atoms with E-state index in [-0.39, 0.29) is 24.5 Å². The zero-order chi connectivity index (χ0) is 24.9. The van der Waals surface area contributed by atoms with Crippen molar-refractivity contribution in [3.8, 4) is 5.69 Å². The summed E-state index contributed by atoms with van der Waals surface area (Å²) in [6, 6.07) is 11.1. The van der Waals surface area contributed by atoms with Crippen molar-refractivity contribution in [2.24, 2.45) is 0 Å². The second kappa shape index (κ2) is 10.1. The van der Waals surface area contributed by atoms with Gasteiger partial charge in [-0.3, -0.25) is 19.7 Å². The molecule has 2 aromatic carbocycles. The Labute approximate surface area is 191 Å². The first-order chi connectivity index (χ1) is 16.1. The molecule has 0 aliphatic heterocycles. The van der Waals surface area contributed by atoms with E-state index in [1.54, 1.807) is 6.92 Å². The molecule has 1 heterocycles. The molecule has 3 aromatic rings. The highest BCUT2D eigenvalue weighted by atomic mass is 19.4. The molecule has 3 rings (SSSR count). The molecule has 0 unspecified atom stereocenters. The zero-order valence-corrected chi connectivity index (χ0v) is 17.9. The number of nitro groups is 1. The number of hydrogen-bond donors (Lipinski definition) is 0. The Morgan fingerprint density at radius 2 is 1.74 bits per heavy atom. The molecular formula is C22H19F3N4O5. The molecule has 0 aliphatic carbocycles. The first kappa shape index (κ1) is 24.4. The predicted octanol–water partition coefficient (Wildman–Crippen LogP) is 4.00. The van der Waals surface area contributed by atoms with Crippen molar-refractivity contribution in [2.75, 3.05) is 13.2 Å². The fourth-order valence-corrected chi connectivity index (χ4v) is 3.05. The monoisotopic (exact) mass is 476 g/mol. The highest BCUT2D eigenvalue weighted by molar-refractivity contribution is 5.94. The van der Waals surface area contributed by atoms with Crippen LogP contribution in [0.2, 0.25) is 0 Å². The molecule has 0 bridgehead atoms. The third kappa shape index (κ3) is 5.97. The van der Waals surface area contributed by atoms with E-state index in [0.29, 0.717) is 11.3 Å². The standard InChI is InChI=1S/C22H19F3N4O5/c1-2-34-20(30)14-27(13-15-3-5-16(6-4-15)22(23,24)25)21(31)19-11-12-28(26-19)17-7-9-18(10-8-17)29(32)33/h3-12H,2,13-14H2,1H3. The number of non-ortho nitro benzene ring substituents is 1. The van der Waals surface area contributed by atoms with Crippen molar-refractivity contribution >= 4 is 17.6 Å². The number of esters is 1. The maximum Gasteiger partial charge on any atom is 0.416 e. The van der Waals surface area contributed by atoms with Gasteiger partial charge in [0.15, 0.2) is 5.69 Å². The normalized spacial score (nSPS) is 11.2. The van der Waals surface area contributed by atoms with Gasteiger partial charge in [0.2, 0.25) is 0 Å². The van der Waals surface area contributed by atoms with Crippen LogP contribution in [0, 0.1) is 10.1 Å². The van der Waals surface area contributed by atoms with Crippen LogP contribution in [0.1, 0.15) is 28.5 Å². The Morgan fingerprint density at radius 3 is 2.29 bits per heavy atom. The van der Waals surface area contributed by atoms with E-state index < -0.39 is 35.1 Å². The molecule has 1 aromatic heterocycles. The summed E-state index contributed by atoms with van der Waals surface area (Å²) in [5.74, 6) is -1.33. The van der Waals surface area contributed by atoms with Crippen molar-refractivity contribution in [2.45, 2.75) is 19.6 Å². The molecule has 0 spiro atoms. The van der Waals surface area contributed by atoms with E-state index in [1.165, 1.54) is 53.3 Å². The molecule has 12 heteroatoms. The molecule has 0 saturated heterocycles. The molecule has 178 valence electrons. The van der Waals surface area contributed by atoms with Gasteiger partial charge in [-0.1, -0.05) is 12.1 Å². The Bertz CT molecular complexity index is 1170. The Kier molecular flexibility index (Phi) is 7.29. The number of ether oxygens (including phenoxy) is 1. The number of aromatic nitrogens is 2. The van der Waals surface area contributed by atoms with Crippen molar-refractivity contribution in [3.63, 3.8) is 0 Å². The number of rotatable bonds is 8.